The minimum absolute atomic E-state index is 0.151. The molecular weight excluding hydrogens is 328 g/mol. The van der Waals surface area contributed by atoms with Crippen LogP contribution in [0, 0.1) is 0 Å². The Morgan fingerprint density at radius 1 is 1.04 bits per heavy atom. The number of rotatable bonds is 2. The predicted molar refractivity (Wildman–Crippen MR) is 98.9 cm³/mol. The summed E-state index contributed by atoms with van der Waals surface area (Å²) in [6, 6.07) is 14.6. The van der Waals surface area contributed by atoms with Gasteiger partial charge in [-0.1, -0.05) is 30.3 Å². The van der Waals surface area contributed by atoms with Crippen LogP contribution in [0.5, 0.6) is 0 Å². The number of hydrogen-bond donors (Lipinski definition) is 2. The third kappa shape index (κ3) is 2.15. The number of aromatic nitrogens is 3. The van der Waals surface area contributed by atoms with E-state index in [1.54, 1.807) is 10.6 Å². The van der Waals surface area contributed by atoms with Crippen molar-refractivity contribution in [2.45, 2.75) is 19.0 Å². The van der Waals surface area contributed by atoms with E-state index in [4.69, 9.17) is 0 Å². The second-order valence-electron chi connectivity index (χ2n) is 6.52. The number of carbonyl (C=O) groups excluding carboxylic acids is 1. The summed E-state index contributed by atoms with van der Waals surface area (Å²) in [4.78, 5) is 33.5. The van der Waals surface area contributed by atoms with Gasteiger partial charge in [0, 0.05) is 23.5 Å². The maximum Gasteiger partial charge on any atom is 0.262 e. The second kappa shape index (κ2) is 5.56. The third-order valence-electron chi connectivity index (χ3n) is 5.00. The summed E-state index contributed by atoms with van der Waals surface area (Å²) >= 11 is 0. The standard InChI is InChI=1S/C20H16N4O2/c25-19-17(9-12-10-21-15-7-3-1-5-13(12)15)24-18(11-22-19)23-16-8-4-2-6-14(16)20(24)26/h1-8,10,17,21H,9,11H2,(H,22,25)/t17-/m1/s1. The highest BCUT2D eigenvalue weighted by molar-refractivity contribution is 5.86. The summed E-state index contributed by atoms with van der Waals surface area (Å²) in [5, 5.41) is 4.47. The molecule has 0 saturated heterocycles. The van der Waals surface area contributed by atoms with E-state index in [1.165, 1.54) is 0 Å². The van der Waals surface area contributed by atoms with E-state index in [0.29, 0.717) is 23.1 Å². The van der Waals surface area contributed by atoms with E-state index in [9.17, 15) is 9.59 Å². The molecule has 6 heteroatoms. The molecule has 128 valence electrons. The van der Waals surface area contributed by atoms with Gasteiger partial charge in [0.15, 0.2) is 0 Å². The fraction of sp³-hybridized carbons (Fsp3) is 0.150. The topological polar surface area (TPSA) is 79.8 Å². The first-order chi connectivity index (χ1) is 12.7. The van der Waals surface area contributed by atoms with Gasteiger partial charge in [0.05, 0.1) is 17.4 Å². The summed E-state index contributed by atoms with van der Waals surface area (Å²) in [6.45, 7) is 0.267. The molecular formula is C20H16N4O2. The van der Waals surface area contributed by atoms with Gasteiger partial charge in [0.25, 0.3) is 5.56 Å². The minimum atomic E-state index is -0.609. The highest BCUT2D eigenvalue weighted by atomic mass is 16.2. The van der Waals surface area contributed by atoms with Crippen molar-refractivity contribution in [3.8, 4) is 0 Å². The fourth-order valence-electron chi connectivity index (χ4n) is 3.73. The minimum Gasteiger partial charge on any atom is -0.361 e. The van der Waals surface area contributed by atoms with Gasteiger partial charge < -0.3 is 10.3 Å². The molecule has 0 spiro atoms. The number of aromatic amines is 1. The molecule has 1 amide bonds. The van der Waals surface area contributed by atoms with Crippen molar-refractivity contribution in [3.63, 3.8) is 0 Å². The maximum absolute atomic E-state index is 13.1. The molecule has 0 aliphatic carbocycles. The summed E-state index contributed by atoms with van der Waals surface area (Å²) in [5.74, 6) is 0.445. The van der Waals surface area contributed by atoms with Crippen LogP contribution < -0.4 is 10.9 Å². The van der Waals surface area contributed by atoms with Gasteiger partial charge >= 0.3 is 0 Å². The Hall–Kier alpha value is -3.41. The molecule has 1 aliphatic heterocycles. The molecule has 2 aromatic carbocycles. The Balaban J connectivity index is 1.68. The SMILES string of the molecule is O=C1NCc2nc3ccccc3c(=O)n2[C@@H]1Cc1c[nH]c2ccccc12. The van der Waals surface area contributed by atoms with Crippen LogP contribution in [0.4, 0.5) is 0 Å². The average Bonchev–Trinajstić information content (AvgIpc) is 3.07. The molecule has 1 atom stereocenters. The number of fused-ring (bicyclic) bond motifs is 3. The number of nitrogens with zero attached hydrogens (tertiary/aromatic N) is 2. The predicted octanol–water partition coefficient (Wildman–Crippen LogP) is 2.29. The first-order valence-corrected chi connectivity index (χ1v) is 8.55. The Kier molecular flexibility index (Phi) is 3.18. The van der Waals surface area contributed by atoms with E-state index in [2.05, 4.69) is 15.3 Å². The molecule has 0 saturated carbocycles. The molecule has 5 rings (SSSR count). The summed E-state index contributed by atoms with van der Waals surface area (Å²) in [7, 11) is 0. The van der Waals surface area contributed by atoms with Crippen LogP contribution in [-0.2, 0) is 17.8 Å². The normalized spacial score (nSPS) is 16.6. The van der Waals surface area contributed by atoms with Crippen molar-refractivity contribution in [1.82, 2.24) is 19.9 Å². The highest BCUT2D eigenvalue weighted by Gasteiger charge is 2.30. The Morgan fingerprint density at radius 3 is 2.69 bits per heavy atom. The first-order valence-electron chi connectivity index (χ1n) is 8.55. The van der Waals surface area contributed by atoms with Crippen molar-refractivity contribution in [2.75, 3.05) is 0 Å². The zero-order valence-electron chi connectivity index (χ0n) is 13.9. The van der Waals surface area contributed by atoms with Crippen molar-refractivity contribution in [3.05, 3.63) is 76.5 Å². The number of carbonyl (C=O) groups is 1. The fourth-order valence-corrected chi connectivity index (χ4v) is 3.73. The number of hydrogen-bond acceptors (Lipinski definition) is 3. The molecule has 2 N–H and O–H groups in total. The lowest BCUT2D eigenvalue weighted by Crippen LogP contribution is -2.45. The lowest BCUT2D eigenvalue weighted by atomic mass is 10.0. The van der Waals surface area contributed by atoms with Gasteiger partial charge in [-0.15, -0.1) is 0 Å². The smallest absolute Gasteiger partial charge is 0.262 e. The largest absolute Gasteiger partial charge is 0.361 e. The molecule has 0 fully saturated rings. The lowest BCUT2D eigenvalue weighted by molar-refractivity contribution is -0.125. The van der Waals surface area contributed by atoms with Crippen LogP contribution in [0.25, 0.3) is 21.8 Å². The van der Waals surface area contributed by atoms with E-state index < -0.39 is 6.04 Å². The maximum atomic E-state index is 13.1. The summed E-state index contributed by atoms with van der Waals surface area (Å²) in [5.41, 5.74) is 2.52. The monoisotopic (exact) mass is 344 g/mol. The molecule has 2 aromatic heterocycles. The average molecular weight is 344 g/mol. The zero-order valence-corrected chi connectivity index (χ0v) is 13.9. The van der Waals surface area contributed by atoms with Gasteiger partial charge in [0.1, 0.15) is 11.9 Å². The van der Waals surface area contributed by atoms with Gasteiger partial charge in [-0.2, -0.15) is 0 Å². The van der Waals surface area contributed by atoms with Gasteiger partial charge in [-0.3, -0.25) is 14.2 Å². The zero-order chi connectivity index (χ0) is 17.7. The number of para-hydroxylation sites is 2. The lowest BCUT2D eigenvalue weighted by Gasteiger charge is -2.27. The van der Waals surface area contributed by atoms with Crippen molar-refractivity contribution >= 4 is 27.7 Å². The first kappa shape index (κ1) is 14.9. The van der Waals surface area contributed by atoms with Crippen LogP contribution >= 0.6 is 0 Å². The van der Waals surface area contributed by atoms with Gasteiger partial charge in [0.2, 0.25) is 5.91 Å². The molecule has 4 aromatic rings. The Bertz CT molecular complexity index is 1220. The van der Waals surface area contributed by atoms with Crippen LogP contribution in [0.3, 0.4) is 0 Å². The van der Waals surface area contributed by atoms with Crippen molar-refractivity contribution in [1.29, 1.82) is 0 Å². The summed E-state index contributed by atoms with van der Waals surface area (Å²) < 4.78 is 1.56. The molecule has 3 heterocycles. The number of H-pyrrole nitrogens is 1. The quantitative estimate of drug-likeness (QED) is 0.585. The number of nitrogens with one attached hydrogen (secondary N) is 2. The van der Waals surface area contributed by atoms with Crippen LogP contribution in [0.15, 0.2) is 59.5 Å². The van der Waals surface area contributed by atoms with Crippen molar-refractivity contribution < 1.29 is 4.79 Å². The molecule has 26 heavy (non-hydrogen) atoms. The van der Waals surface area contributed by atoms with Gasteiger partial charge in [-0.05, 0) is 23.8 Å². The second-order valence-corrected chi connectivity index (χ2v) is 6.52. The highest BCUT2D eigenvalue weighted by Crippen LogP contribution is 2.25. The van der Waals surface area contributed by atoms with E-state index in [1.807, 2.05) is 48.7 Å². The van der Waals surface area contributed by atoms with Crippen LogP contribution in [0.2, 0.25) is 0 Å². The molecule has 0 unspecified atom stereocenters. The number of amides is 1. The van der Waals surface area contributed by atoms with Crippen molar-refractivity contribution in [2.24, 2.45) is 0 Å². The molecule has 1 aliphatic rings. The molecule has 0 bridgehead atoms. The third-order valence-corrected chi connectivity index (χ3v) is 5.00. The van der Waals surface area contributed by atoms with E-state index in [-0.39, 0.29) is 18.0 Å². The number of benzene rings is 2. The summed E-state index contributed by atoms with van der Waals surface area (Å²) in [6.07, 6.45) is 2.34. The Labute approximate surface area is 148 Å². The molecule has 0 radical (unpaired) electrons. The van der Waals surface area contributed by atoms with Crippen LogP contribution in [0.1, 0.15) is 17.4 Å². The van der Waals surface area contributed by atoms with Gasteiger partial charge in [-0.25, -0.2) is 4.98 Å². The van der Waals surface area contributed by atoms with E-state index >= 15 is 0 Å². The van der Waals surface area contributed by atoms with E-state index in [0.717, 1.165) is 16.5 Å². The molecule has 6 nitrogen and oxygen atoms in total. The van der Waals surface area contributed by atoms with Crippen LogP contribution in [-0.4, -0.2) is 20.4 Å². The Morgan fingerprint density at radius 2 is 1.81 bits per heavy atom.